The van der Waals surface area contributed by atoms with Crippen molar-refractivity contribution in [2.75, 3.05) is 33.0 Å². The summed E-state index contributed by atoms with van der Waals surface area (Å²) in [4.78, 5) is 12.3. The van der Waals surface area contributed by atoms with Gasteiger partial charge >= 0.3 is 0 Å². The number of hydrogen-bond acceptors (Lipinski definition) is 5. The van der Waals surface area contributed by atoms with Gasteiger partial charge in [0.05, 0.1) is 32.5 Å². The molecule has 0 spiro atoms. The van der Waals surface area contributed by atoms with E-state index in [2.05, 4.69) is 24.5 Å². The van der Waals surface area contributed by atoms with E-state index in [-0.39, 0.29) is 18.0 Å². The summed E-state index contributed by atoms with van der Waals surface area (Å²) in [6.45, 7) is 9.51. The van der Waals surface area contributed by atoms with Crippen LogP contribution in [0.2, 0.25) is 0 Å². The van der Waals surface area contributed by atoms with Crippen molar-refractivity contribution in [2.24, 2.45) is 0 Å². The highest BCUT2D eigenvalue weighted by Crippen LogP contribution is 2.31. The maximum atomic E-state index is 12.3. The summed E-state index contributed by atoms with van der Waals surface area (Å²) in [5.41, 5.74) is 1.00. The third-order valence-corrected chi connectivity index (χ3v) is 4.20. The second kappa shape index (κ2) is 11.0. The highest BCUT2D eigenvalue weighted by atomic mass is 16.5. The van der Waals surface area contributed by atoms with Gasteiger partial charge in [0.15, 0.2) is 11.5 Å². The number of benzene rings is 1. The smallest absolute Gasteiger partial charge is 0.222 e. The lowest BCUT2D eigenvalue weighted by Crippen LogP contribution is -2.44. The van der Waals surface area contributed by atoms with Crippen LogP contribution in [0.25, 0.3) is 0 Å². The molecule has 0 aliphatic carbocycles. The maximum absolute atomic E-state index is 12.3. The molecule has 2 N–H and O–H groups in total. The molecule has 1 aliphatic heterocycles. The summed E-state index contributed by atoms with van der Waals surface area (Å²) >= 11 is 0. The van der Waals surface area contributed by atoms with E-state index in [0.717, 1.165) is 36.4 Å². The van der Waals surface area contributed by atoms with Crippen molar-refractivity contribution in [3.63, 3.8) is 0 Å². The summed E-state index contributed by atoms with van der Waals surface area (Å²) < 4.78 is 17.0. The Balaban J connectivity index is 1.97. The number of ether oxygens (including phenoxy) is 3. The Morgan fingerprint density at radius 3 is 2.65 bits per heavy atom. The van der Waals surface area contributed by atoms with Gasteiger partial charge < -0.3 is 24.8 Å². The molecule has 1 amide bonds. The molecule has 1 heterocycles. The van der Waals surface area contributed by atoms with Crippen molar-refractivity contribution in [1.29, 1.82) is 0 Å². The SMILES string of the molecule is CCCOc1ccc(C(C)NC(=O)CC2COCCN2)cc1OCCC. The molecule has 6 nitrogen and oxygen atoms in total. The van der Waals surface area contributed by atoms with Crippen LogP contribution in [0, 0.1) is 0 Å². The van der Waals surface area contributed by atoms with Gasteiger partial charge in [0.2, 0.25) is 5.91 Å². The highest BCUT2D eigenvalue weighted by molar-refractivity contribution is 5.77. The molecule has 0 radical (unpaired) electrons. The number of amides is 1. The van der Waals surface area contributed by atoms with Gasteiger partial charge in [-0.2, -0.15) is 0 Å². The van der Waals surface area contributed by atoms with E-state index in [1.807, 2.05) is 25.1 Å². The van der Waals surface area contributed by atoms with Crippen LogP contribution < -0.4 is 20.1 Å². The van der Waals surface area contributed by atoms with E-state index < -0.39 is 0 Å². The summed E-state index contributed by atoms with van der Waals surface area (Å²) in [5.74, 6) is 1.51. The minimum absolute atomic E-state index is 0.0165. The normalized spacial score (nSPS) is 18.2. The standard InChI is InChI=1S/C20H32N2O4/c1-4-9-25-18-7-6-16(12-19(18)26-10-5-2)15(3)22-20(23)13-17-14-24-11-8-21-17/h6-7,12,15,17,21H,4-5,8-11,13-14H2,1-3H3,(H,22,23). The maximum Gasteiger partial charge on any atom is 0.222 e. The zero-order chi connectivity index (χ0) is 18.8. The molecule has 146 valence electrons. The van der Waals surface area contributed by atoms with Crippen LogP contribution in [0.5, 0.6) is 11.5 Å². The van der Waals surface area contributed by atoms with E-state index in [1.54, 1.807) is 0 Å². The van der Waals surface area contributed by atoms with Crippen LogP contribution in [-0.2, 0) is 9.53 Å². The van der Waals surface area contributed by atoms with Crippen molar-refractivity contribution in [1.82, 2.24) is 10.6 Å². The lowest BCUT2D eigenvalue weighted by atomic mass is 10.1. The fourth-order valence-corrected chi connectivity index (χ4v) is 2.81. The van der Waals surface area contributed by atoms with Crippen LogP contribution in [0.4, 0.5) is 0 Å². The second-order valence-corrected chi connectivity index (χ2v) is 6.62. The number of hydrogen-bond donors (Lipinski definition) is 2. The number of nitrogens with one attached hydrogen (secondary N) is 2. The first kappa shape index (κ1) is 20.5. The van der Waals surface area contributed by atoms with Gasteiger partial charge in [-0.25, -0.2) is 0 Å². The summed E-state index contributed by atoms with van der Waals surface area (Å²) in [7, 11) is 0. The number of carbonyl (C=O) groups excluding carboxylic acids is 1. The number of carbonyl (C=O) groups is 1. The van der Waals surface area contributed by atoms with Crippen LogP contribution in [-0.4, -0.2) is 44.9 Å². The molecule has 2 rings (SSSR count). The molecular formula is C20H32N2O4. The Hall–Kier alpha value is -1.79. The van der Waals surface area contributed by atoms with Crippen LogP contribution in [0.15, 0.2) is 18.2 Å². The van der Waals surface area contributed by atoms with Gasteiger partial charge in [0, 0.05) is 19.0 Å². The van der Waals surface area contributed by atoms with Crippen LogP contribution in [0.1, 0.15) is 51.6 Å². The zero-order valence-electron chi connectivity index (χ0n) is 16.2. The third kappa shape index (κ3) is 6.50. The van der Waals surface area contributed by atoms with Gasteiger partial charge in [-0.05, 0) is 37.5 Å². The first-order valence-corrected chi connectivity index (χ1v) is 9.64. The van der Waals surface area contributed by atoms with Crippen LogP contribution >= 0.6 is 0 Å². The first-order chi connectivity index (χ1) is 12.6. The molecule has 1 aromatic rings. The zero-order valence-corrected chi connectivity index (χ0v) is 16.2. The minimum atomic E-state index is -0.101. The Morgan fingerprint density at radius 2 is 2.00 bits per heavy atom. The predicted molar refractivity (Wildman–Crippen MR) is 102 cm³/mol. The average molecular weight is 364 g/mol. The Labute approximate surface area is 156 Å². The Morgan fingerprint density at radius 1 is 1.27 bits per heavy atom. The van der Waals surface area contributed by atoms with E-state index >= 15 is 0 Å². The quantitative estimate of drug-likeness (QED) is 0.668. The first-order valence-electron chi connectivity index (χ1n) is 9.64. The minimum Gasteiger partial charge on any atom is -0.490 e. The molecule has 1 aromatic carbocycles. The van der Waals surface area contributed by atoms with E-state index in [1.165, 1.54) is 0 Å². The van der Waals surface area contributed by atoms with Crippen molar-refractivity contribution in [2.45, 2.75) is 52.1 Å². The molecule has 26 heavy (non-hydrogen) atoms. The van der Waals surface area contributed by atoms with E-state index in [9.17, 15) is 4.79 Å². The topological polar surface area (TPSA) is 68.8 Å². The van der Waals surface area contributed by atoms with Gasteiger partial charge in [-0.3, -0.25) is 4.79 Å². The van der Waals surface area contributed by atoms with Crippen molar-refractivity contribution in [3.05, 3.63) is 23.8 Å². The fraction of sp³-hybridized carbons (Fsp3) is 0.650. The van der Waals surface area contributed by atoms with Crippen molar-refractivity contribution < 1.29 is 19.0 Å². The fourth-order valence-electron chi connectivity index (χ4n) is 2.81. The molecule has 0 saturated carbocycles. The summed E-state index contributed by atoms with van der Waals surface area (Å²) in [5, 5.41) is 6.36. The van der Waals surface area contributed by atoms with Gasteiger partial charge in [0.1, 0.15) is 0 Å². The van der Waals surface area contributed by atoms with Crippen LogP contribution in [0.3, 0.4) is 0 Å². The third-order valence-electron chi connectivity index (χ3n) is 4.20. The summed E-state index contributed by atoms with van der Waals surface area (Å²) in [6.07, 6.45) is 2.29. The largest absolute Gasteiger partial charge is 0.490 e. The molecule has 2 unspecified atom stereocenters. The van der Waals surface area contributed by atoms with Crippen molar-refractivity contribution >= 4 is 5.91 Å². The van der Waals surface area contributed by atoms with Gasteiger partial charge in [-0.15, -0.1) is 0 Å². The molecule has 2 atom stereocenters. The molecule has 0 bridgehead atoms. The monoisotopic (exact) mass is 364 g/mol. The second-order valence-electron chi connectivity index (χ2n) is 6.62. The van der Waals surface area contributed by atoms with Gasteiger partial charge in [-0.1, -0.05) is 19.9 Å². The van der Waals surface area contributed by atoms with E-state index in [4.69, 9.17) is 14.2 Å². The van der Waals surface area contributed by atoms with Crippen molar-refractivity contribution in [3.8, 4) is 11.5 Å². The molecule has 1 fully saturated rings. The number of rotatable bonds is 10. The Kier molecular flexibility index (Phi) is 8.71. The molecule has 0 aromatic heterocycles. The number of morpholine rings is 1. The molecular weight excluding hydrogens is 332 g/mol. The Bertz CT molecular complexity index is 559. The average Bonchev–Trinajstić information content (AvgIpc) is 2.65. The summed E-state index contributed by atoms with van der Waals surface area (Å²) in [6, 6.07) is 5.86. The highest BCUT2D eigenvalue weighted by Gasteiger charge is 2.19. The molecule has 1 saturated heterocycles. The van der Waals surface area contributed by atoms with Gasteiger partial charge in [0.25, 0.3) is 0 Å². The predicted octanol–water partition coefficient (Wildman–Crippen LogP) is 2.82. The van der Waals surface area contributed by atoms with E-state index in [0.29, 0.717) is 32.8 Å². The lowest BCUT2D eigenvalue weighted by Gasteiger charge is -2.24. The molecule has 6 heteroatoms. The lowest BCUT2D eigenvalue weighted by molar-refractivity contribution is -0.122. The molecule has 1 aliphatic rings.